The van der Waals surface area contributed by atoms with Crippen molar-refractivity contribution in [3.8, 4) is 0 Å². The van der Waals surface area contributed by atoms with Crippen molar-refractivity contribution in [2.45, 2.75) is 32.9 Å². The van der Waals surface area contributed by atoms with Gasteiger partial charge in [0.15, 0.2) is 0 Å². The average molecular weight is 254 g/mol. The van der Waals surface area contributed by atoms with Gasteiger partial charge in [-0.3, -0.25) is 9.69 Å². The number of halogens is 3. The Morgan fingerprint density at radius 3 is 1.94 bits per heavy atom. The molecule has 0 atom stereocenters. The molecule has 0 bridgehead atoms. The molecule has 0 aliphatic rings. The molecule has 17 heavy (non-hydrogen) atoms. The average Bonchev–Trinajstić information content (AvgIpc) is 2.15. The van der Waals surface area contributed by atoms with Gasteiger partial charge in [0.25, 0.3) is 0 Å². The van der Waals surface area contributed by atoms with Crippen molar-refractivity contribution in [1.29, 1.82) is 0 Å². The molecule has 1 amide bonds. The Labute approximate surface area is 101 Å². The fourth-order valence-electron chi connectivity index (χ4n) is 1.57. The van der Waals surface area contributed by atoms with E-state index >= 15 is 0 Å². The summed E-state index contributed by atoms with van der Waals surface area (Å²) >= 11 is 0. The second-order valence-corrected chi connectivity index (χ2v) is 4.14. The van der Waals surface area contributed by atoms with Crippen molar-refractivity contribution in [2.75, 3.05) is 33.2 Å². The van der Waals surface area contributed by atoms with Crippen LogP contribution in [-0.4, -0.2) is 55.1 Å². The maximum absolute atomic E-state index is 12.1. The van der Waals surface area contributed by atoms with E-state index in [1.165, 1.54) is 7.05 Å². The van der Waals surface area contributed by atoms with Gasteiger partial charge in [0.2, 0.25) is 5.91 Å². The predicted octanol–water partition coefficient (Wildman–Crippen LogP) is 2.13. The molecule has 0 aromatic rings. The Morgan fingerprint density at radius 1 is 1.12 bits per heavy atom. The largest absolute Gasteiger partial charge is 0.406 e. The van der Waals surface area contributed by atoms with E-state index in [-0.39, 0.29) is 6.54 Å². The number of likely N-dealkylation sites (N-methyl/N-ethyl adjacent to an activating group) is 1. The maximum Gasteiger partial charge on any atom is 0.406 e. The lowest BCUT2D eigenvalue weighted by atomic mass is 10.3. The van der Waals surface area contributed by atoms with Gasteiger partial charge in [-0.25, -0.2) is 0 Å². The summed E-state index contributed by atoms with van der Waals surface area (Å²) < 4.78 is 36.3. The number of alkyl halides is 3. The van der Waals surface area contributed by atoms with Gasteiger partial charge in [-0.05, 0) is 25.9 Å². The second-order valence-electron chi connectivity index (χ2n) is 4.14. The molecule has 0 saturated carbocycles. The molecule has 0 heterocycles. The van der Waals surface area contributed by atoms with Gasteiger partial charge < -0.3 is 4.90 Å². The third-order valence-electron chi connectivity index (χ3n) is 2.28. The molecule has 0 fully saturated rings. The fourth-order valence-corrected chi connectivity index (χ4v) is 1.57. The molecule has 0 unspecified atom stereocenters. The van der Waals surface area contributed by atoms with Crippen LogP contribution in [0.5, 0.6) is 0 Å². The molecular weight excluding hydrogens is 233 g/mol. The van der Waals surface area contributed by atoms with Gasteiger partial charge in [-0.2, -0.15) is 13.2 Å². The molecule has 0 aliphatic heterocycles. The molecule has 6 heteroatoms. The van der Waals surface area contributed by atoms with Gasteiger partial charge >= 0.3 is 6.18 Å². The lowest BCUT2D eigenvalue weighted by Gasteiger charge is -2.24. The number of hydrogen-bond acceptors (Lipinski definition) is 2. The quantitative estimate of drug-likeness (QED) is 0.695. The van der Waals surface area contributed by atoms with Crippen molar-refractivity contribution in [3.63, 3.8) is 0 Å². The first-order chi connectivity index (χ1) is 7.80. The Morgan fingerprint density at radius 2 is 1.59 bits per heavy atom. The molecule has 0 radical (unpaired) electrons. The predicted molar refractivity (Wildman–Crippen MR) is 60.7 cm³/mol. The molecule has 0 spiro atoms. The van der Waals surface area contributed by atoms with Gasteiger partial charge in [0, 0.05) is 7.05 Å². The first-order valence-electron chi connectivity index (χ1n) is 5.83. The smallest absolute Gasteiger partial charge is 0.336 e. The molecule has 0 aliphatic carbocycles. The van der Waals surface area contributed by atoms with E-state index in [1.807, 2.05) is 18.7 Å². The molecule has 0 rings (SSSR count). The van der Waals surface area contributed by atoms with E-state index in [0.29, 0.717) is 0 Å². The number of carbonyl (C=O) groups excluding carboxylic acids is 1. The topological polar surface area (TPSA) is 23.6 Å². The van der Waals surface area contributed by atoms with E-state index < -0.39 is 18.6 Å². The van der Waals surface area contributed by atoms with Crippen molar-refractivity contribution in [3.05, 3.63) is 0 Å². The lowest BCUT2D eigenvalue weighted by molar-refractivity contribution is -0.159. The molecule has 0 saturated heterocycles. The van der Waals surface area contributed by atoms with Crippen molar-refractivity contribution in [2.24, 2.45) is 0 Å². The standard InChI is InChI=1S/C11H21F3N2O/c1-4-6-16(7-5-2)8-10(17)15(3)9-11(12,13)14/h4-9H2,1-3H3. The highest BCUT2D eigenvalue weighted by Gasteiger charge is 2.31. The first kappa shape index (κ1) is 16.2. The highest BCUT2D eigenvalue weighted by atomic mass is 19.4. The van der Waals surface area contributed by atoms with Crippen molar-refractivity contribution in [1.82, 2.24) is 9.80 Å². The van der Waals surface area contributed by atoms with Crippen LogP contribution in [0.4, 0.5) is 13.2 Å². The van der Waals surface area contributed by atoms with Gasteiger partial charge in [0.05, 0.1) is 6.54 Å². The van der Waals surface area contributed by atoms with E-state index in [9.17, 15) is 18.0 Å². The number of carbonyl (C=O) groups is 1. The molecule has 3 nitrogen and oxygen atoms in total. The Balaban J connectivity index is 4.20. The molecular formula is C11H21F3N2O. The van der Waals surface area contributed by atoms with Crippen LogP contribution >= 0.6 is 0 Å². The highest BCUT2D eigenvalue weighted by Crippen LogP contribution is 2.15. The molecule has 102 valence electrons. The first-order valence-corrected chi connectivity index (χ1v) is 5.83. The summed E-state index contributed by atoms with van der Waals surface area (Å²) in [4.78, 5) is 14.2. The van der Waals surface area contributed by atoms with Crippen LogP contribution in [0, 0.1) is 0 Å². The van der Waals surface area contributed by atoms with Gasteiger partial charge in [0.1, 0.15) is 6.54 Å². The number of hydrogen-bond donors (Lipinski definition) is 0. The summed E-state index contributed by atoms with van der Waals surface area (Å²) in [6.45, 7) is 4.31. The third kappa shape index (κ3) is 8.01. The molecule has 0 N–H and O–H groups in total. The van der Waals surface area contributed by atoms with Crippen molar-refractivity contribution < 1.29 is 18.0 Å². The lowest BCUT2D eigenvalue weighted by Crippen LogP contribution is -2.42. The molecule has 0 aromatic carbocycles. The summed E-state index contributed by atoms with van der Waals surface area (Å²) in [6.07, 6.45) is -2.56. The van der Waals surface area contributed by atoms with Gasteiger partial charge in [-0.15, -0.1) is 0 Å². The van der Waals surface area contributed by atoms with E-state index in [0.717, 1.165) is 30.8 Å². The summed E-state index contributed by atoms with van der Waals surface area (Å²) in [5, 5.41) is 0. The SMILES string of the molecule is CCCN(CCC)CC(=O)N(C)CC(F)(F)F. The van der Waals surface area contributed by atoms with Crippen molar-refractivity contribution >= 4 is 5.91 Å². The number of rotatable bonds is 7. The van der Waals surface area contributed by atoms with E-state index in [1.54, 1.807) is 0 Å². The van der Waals surface area contributed by atoms with E-state index in [4.69, 9.17) is 0 Å². The summed E-state index contributed by atoms with van der Waals surface area (Å²) in [5.41, 5.74) is 0. The minimum atomic E-state index is -4.33. The zero-order valence-corrected chi connectivity index (χ0v) is 10.7. The Bertz CT molecular complexity index is 225. The second kappa shape index (κ2) is 7.53. The van der Waals surface area contributed by atoms with E-state index in [2.05, 4.69) is 0 Å². The highest BCUT2D eigenvalue weighted by molar-refractivity contribution is 5.78. The zero-order chi connectivity index (χ0) is 13.5. The van der Waals surface area contributed by atoms with Crippen LogP contribution < -0.4 is 0 Å². The van der Waals surface area contributed by atoms with Crippen LogP contribution in [0.3, 0.4) is 0 Å². The monoisotopic (exact) mass is 254 g/mol. The van der Waals surface area contributed by atoms with Crippen LogP contribution in [0.2, 0.25) is 0 Å². The zero-order valence-electron chi connectivity index (χ0n) is 10.7. The summed E-state index contributed by atoms with van der Waals surface area (Å²) in [7, 11) is 1.19. The number of amides is 1. The maximum atomic E-state index is 12.1. The van der Waals surface area contributed by atoms with Crippen LogP contribution in [-0.2, 0) is 4.79 Å². The van der Waals surface area contributed by atoms with Crippen LogP contribution in [0.15, 0.2) is 0 Å². The minimum absolute atomic E-state index is 0.0637. The Hall–Kier alpha value is -0.780. The van der Waals surface area contributed by atoms with Crippen LogP contribution in [0.1, 0.15) is 26.7 Å². The fraction of sp³-hybridized carbons (Fsp3) is 0.909. The number of nitrogens with zero attached hydrogens (tertiary/aromatic N) is 2. The van der Waals surface area contributed by atoms with Crippen LogP contribution in [0.25, 0.3) is 0 Å². The summed E-state index contributed by atoms with van der Waals surface area (Å²) in [6, 6.07) is 0. The third-order valence-corrected chi connectivity index (χ3v) is 2.28. The molecule has 0 aromatic heterocycles. The summed E-state index contributed by atoms with van der Waals surface area (Å²) in [5.74, 6) is -0.482. The Kier molecular flexibility index (Phi) is 7.18. The normalized spacial score (nSPS) is 11.9. The minimum Gasteiger partial charge on any atom is -0.336 e. The van der Waals surface area contributed by atoms with Gasteiger partial charge in [-0.1, -0.05) is 13.8 Å².